The molecular formula is C15H19BrClN3. The largest absolute Gasteiger partial charge is 0.383 e. The van der Waals surface area contributed by atoms with Crippen molar-refractivity contribution in [3.8, 4) is 11.3 Å². The van der Waals surface area contributed by atoms with Crippen molar-refractivity contribution in [1.82, 2.24) is 9.55 Å². The summed E-state index contributed by atoms with van der Waals surface area (Å²) in [6.07, 6.45) is 0. The first-order chi connectivity index (χ1) is 9.25. The number of nitrogens with zero attached hydrogens (tertiary/aromatic N) is 2. The van der Waals surface area contributed by atoms with E-state index in [0.29, 0.717) is 10.8 Å². The maximum Gasteiger partial charge on any atom is 0.131 e. The average molecular weight is 357 g/mol. The van der Waals surface area contributed by atoms with Crippen molar-refractivity contribution < 1.29 is 0 Å². The topological polar surface area (TPSA) is 43.8 Å². The van der Waals surface area contributed by atoms with Crippen LogP contribution < -0.4 is 5.73 Å². The van der Waals surface area contributed by atoms with Crippen molar-refractivity contribution in [1.29, 1.82) is 0 Å². The zero-order valence-electron chi connectivity index (χ0n) is 12.2. The Kier molecular flexibility index (Phi) is 4.17. The van der Waals surface area contributed by atoms with Gasteiger partial charge in [0.1, 0.15) is 17.3 Å². The number of hydrogen-bond acceptors (Lipinski definition) is 2. The molecule has 0 atom stereocenters. The Morgan fingerprint density at radius 3 is 2.50 bits per heavy atom. The van der Waals surface area contributed by atoms with Gasteiger partial charge in [0.25, 0.3) is 0 Å². The van der Waals surface area contributed by atoms with Gasteiger partial charge in [-0.2, -0.15) is 0 Å². The van der Waals surface area contributed by atoms with Crippen molar-refractivity contribution in [3.63, 3.8) is 0 Å². The van der Waals surface area contributed by atoms with E-state index in [0.717, 1.165) is 28.1 Å². The molecule has 0 amide bonds. The van der Waals surface area contributed by atoms with Crippen molar-refractivity contribution in [2.45, 2.75) is 39.7 Å². The Hall–Kier alpha value is -1.00. The van der Waals surface area contributed by atoms with Gasteiger partial charge in [-0.25, -0.2) is 4.98 Å². The first-order valence-corrected chi connectivity index (χ1v) is 7.74. The van der Waals surface area contributed by atoms with E-state index in [1.807, 2.05) is 18.2 Å². The second-order valence-electron chi connectivity index (χ2n) is 5.79. The van der Waals surface area contributed by atoms with E-state index in [9.17, 15) is 0 Å². The van der Waals surface area contributed by atoms with E-state index in [1.54, 1.807) is 0 Å². The fraction of sp³-hybridized carbons (Fsp3) is 0.400. The zero-order chi connectivity index (χ0) is 15.1. The van der Waals surface area contributed by atoms with Crippen LogP contribution in [0.3, 0.4) is 0 Å². The molecule has 108 valence electrons. The highest BCUT2D eigenvalue weighted by Crippen LogP contribution is 2.36. The maximum absolute atomic E-state index is 6.30. The number of benzene rings is 1. The molecule has 0 radical (unpaired) electrons. The highest BCUT2D eigenvalue weighted by atomic mass is 79.9. The van der Waals surface area contributed by atoms with E-state index < -0.39 is 0 Å². The number of imidazole rings is 1. The molecule has 0 bridgehead atoms. The van der Waals surface area contributed by atoms with Crippen molar-refractivity contribution in [2.75, 3.05) is 5.73 Å². The average Bonchev–Trinajstić information content (AvgIpc) is 2.69. The summed E-state index contributed by atoms with van der Waals surface area (Å²) in [6, 6.07) is 5.64. The van der Waals surface area contributed by atoms with Gasteiger partial charge in [0, 0.05) is 27.0 Å². The van der Waals surface area contributed by atoms with Crippen LogP contribution in [0.15, 0.2) is 22.7 Å². The Labute approximate surface area is 133 Å². The molecule has 0 unspecified atom stereocenters. The molecule has 3 nitrogen and oxygen atoms in total. The van der Waals surface area contributed by atoms with Gasteiger partial charge in [-0.15, -0.1) is 0 Å². The fourth-order valence-corrected chi connectivity index (χ4v) is 2.84. The normalized spacial score (nSPS) is 11.9. The molecule has 0 saturated heterocycles. The van der Waals surface area contributed by atoms with Crippen LogP contribution in [-0.2, 0) is 12.0 Å². The molecule has 2 aromatic rings. The van der Waals surface area contributed by atoms with Gasteiger partial charge in [0.15, 0.2) is 0 Å². The Balaban J connectivity index is 2.70. The molecule has 0 spiro atoms. The van der Waals surface area contributed by atoms with Crippen LogP contribution in [0.5, 0.6) is 0 Å². The van der Waals surface area contributed by atoms with E-state index in [-0.39, 0.29) is 5.41 Å². The third-order valence-electron chi connectivity index (χ3n) is 3.18. The van der Waals surface area contributed by atoms with Gasteiger partial charge >= 0.3 is 0 Å². The second-order valence-corrected chi connectivity index (χ2v) is 7.08. The molecule has 2 rings (SSSR count). The molecule has 5 heteroatoms. The molecule has 0 saturated carbocycles. The van der Waals surface area contributed by atoms with Gasteiger partial charge in [-0.3, -0.25) is 0 Å². The quantitative estimate of drug-likeness (QED) is 0.834. The predicted molar refractivity (Wildman–Crippen MR) is 89.2 cm³/mol. The van der Waals surface area contributed by atoms with Crippen LogP contribution in [0.4, 0.5) is 5.82 Å². The minimum absolute atomic E-state index is 0.0621. The summed E-state index contributed by atoms with van der Waals surface area (Å²) in [5.41, 5.74) is 7.94. The highest BCUT2D eigenvalue weighted by molar-refractivity contribution is 9.10. The molecule has 1 heterocycles. The summed E-state index contributed by atoms with van der Waals surface area (Å²) in [5.74, 6) is 1.67. The van der Waals surface area contributed by atoms with Crippen molar-refractivity contribution in [2.24, 2.45) is 0 Å². The number of nitrogen functional groups attached to an aromatic ring is 1. The summed E-state index contributed by atoms with van der Waals surface area (Å²) >= 11 is 9.64. The summed E-state index contributed by atoms with van der Waals surface area (Å²) in [7, 11) is 0. The van der Waals surface area contributed by atoms with Gasteiger partial charge in [-0.1, -0.05) is 48.3 Å². The van der Waals surface area contributed by atoms with Crippen LogP contribution in [0.25, 0.3) is 11.3 Å². The SMILES string of the molecule is CCn1c(C(C)(C)C)nc(-c2cc(Cl)ccc2Br)c1N. The number of anilines is 1. The molecule has 1 aromatic heterocycles. The molecule has 20 heavy (non-hydrogen) atoms. The minimum Gasteiger partial charge on any atom is -0.383 e. The first-order valence-electron chi connectivity index (χ1n) is 6.57. The molecule has 2 N–H and O–H groups in total. The number of hydrogen-bond donors (Lipinski definition) is 1. The van der Waals surface area contributed by atoms with Crippen LogP contribution in [0.2, 0.25) is 5.02 Å². The van der Waals surface area contributed by atoms with Gasteiger partial charge in [-0.05, 0) is 25.1 Å². The summed E-state index contributed by atoms with van der Waals surface area (Å²) in [5, 5.41) is 0.672. The Bertz CT molecular complexity index is 641. The molecule has 0 fully saturated rings. The molecule has 0 aliphatic rings. The van der Waals surface area contributed by atoms with Gasteiger partial charge in [0.2, 0.25) is 0 Å². The first kappa shape index (κ1) is 15.4. The highest BCUT2D eigenvalue weighted by Gasteiger charge is 2.25. The zero-order valence-corrected chi connectivity index (χ0v) is 14.5. The number of aromatic nitrogens is 2. The lowest BCUT2D eigenvalue weighted by Crippen LogP contribution is -2.19. The third kappa shape index (κ3) is 2.72. The Morgan fingerprint density at radius 1 is 1.35 bits per heavy atom. The molecule has 0 aliphatic heterocycles. The van der Waals surface area contributed by atoms with E-state index in [4.69, 9.17) is 22.3 Å². The van der Waals surface area contributed by atoms with Crippen molar-refractivity contribution in [3.05, 3.63) is 33.5 Å². The molecule has 1 aromatic carbocycles. The summed E-state index contributed by atoms with van der Waals surface area (Å²) in [4.78, 5) is 4.77. The smallest absolute Gasteiger partial charge is 0.131 e. The van der Waals surface area contributed by atoms with Crippen LogP contribution in [-0.4, -0.2) is 9.55 Å². The lowest BCUT2D eigenvalue weighted by Gasteiger charge is -2.19. The van der Waals surface area contributed by atoms with Crippen molar-refractivity contribution >= 4 is 33.3 Å². The number of rotatable bonds is 2. The molecular weight excluding hydrogens is 338 g/mol. The van der Waals surface area contributed by atoms with E-state index >= 15 is 0 Å². The van der Waals surface area contributed by atoms with Crippen LogP contribution in [0, 0.1) is 0 Å². The molecule has 0 aliphatic carbocycles. The van der Waals surface area contributed by atoms with E-state index in [1.165, 1.54) is 0 Å². The third-order valence-corrected chi connectivity index (χ3v) is 4.10. The second kappa shape index (κ2) is 5.41. The maximum atomic E-state index is 6.30. The monoisotopic (exact) mass is 355 g/mol. The predicted octanol–water partition coefficient (Wildman–Crippen LogP) is 4.87. The summed E-state index contributed by atoms with van der Waals surface area (Å²) < 4.78 is 3.00. The standard InChI is InChI=1S/C15H19BrClN3/c1-5-20-13(18)12(19-14(20)15(2,3)4)10-8-9(17)6-7-11(10)16/h6-8H,5,18H2,1-4H3. The fourth-order valence-electron chi connectivity index (χ4n) is 2.24. The van der Waals surface area contributed by atoms with Crippen LogP contribution in [0.1, 0.15) is 33.5 Å². The Morgan fingerprint density at radius 2 is 2.00 bits per heavy atom. The lowest BCUT2D eigenvalue weighted by atomic mass is 9.95. The van der Waals surface area contributed by atoms with Gasteiger partial charge < -0.3 is 10.3 Å². The summed E-state index contributed by atoms with van der Waals surface area (Å²) in [6.45, 7) is 9.28. The number of nitrogens with two attached hydrogens (primary N) is 1. The van der Waals surface area contributed by atoms with Gasteiger partial charge in [0.05, 0.1) is 0 Å². The number of halogens is 2. The van der Waals surface area contributed by atoms with Crippen LogP contribution >= 0.6 is 27.5 Å². The minimum atomic E-state index is -0.0621. The lowest BCUT2D eigenvalue weighted by molar-refractivity contribution is 0.508. The van der Waals surface area contributed by atoms with E-state index in [2.05, 4.69) is 48.2 Å².